The quantitative estimate of drug-likeness (QED) is 0.0112. The van der Waals surface area contributed by atoms with E-state index in [-0.39, 0.29) is 46.2 Å². The molecule has 0 amide bonds. The van der Waals surface area contributed by atoms with Crippen molar-refractivity contribution >= 4 is 132 Å². The number of aromatic nitrogens is 3. The number of esters is 1. The van der Waals surface area contributed by atoms with Gasteiger partial charge in [0, 0.05) is 56.2 Å². The number of carboxylic acids is 2. The number of pyridine rings is 3. The molecule has 0 radical (unpaired) electrons. The topological polar surface area (TPSA) is 311 Å². The van der Waals surface area contributed by atoms with Crippen molar-refractivity contribution in [1.82, 2.24) is 15.0 Å². The number of hydrogen-bond acceptors (Lipinski definition) is 19. The molecule has 0 fully saturated rings. The molecule has 1 aromatic carbocycles. The third-order valence-electron chi connectivity index (χ3n) is 9.27. The number of thiol groups is 1. The predicted octanol–water partition coefficient (Wildman–Crippen LogP) is 11.9. The second-order valence-electron chi connectivity index (χ2n) is 14.8. The molecule has 0 unspecified atom stereocenters. The summed E-state index contributed by atoms with van der Waals surface area (Å²) in [6.45, 7) is 3.60. The summed E-state index contributed by atoms with van der Waals surface area (Å²) in [5.41, 5.74) is 11.3. The number of rotatable bonds is 14. The minimum Gasteiger partial charge on any atom is -0.478 e. The van der Waals surface area contributed by atoms with E-state index in [1.165, 1.54) is 64.0 Å². The van der Waals surface area contributed by atoms with E-state index in [0.717, 1.165) is 22.3 Å². The normalized spacial score (nSPS) is 9.60. The zero-order valence-corrected chi connectivity index (χ0v) is 48.3. The number of nitrogens with two attached hydrogens (primary N) is 1. The zero-order chi connectivity index (χ0) is 57.6. The molecular formula is C53H44BrN7O10S7. The van der Waals surface area contributed by atoms with Crippen molar-refractivity contribution in [3.63, 3.8) is 0 Å². The Hall–Kier alpha value is -7.64. The van der Waals surface area contributed by atoms with Crippen LogP contribution in [-0.2, 0) is 20.6 Å². The first kappa shape index (κ1) is 64.6. The number of carboxylic acid groups (broad SMARTS) is 2. The Bertz CT molecular complexity index is 3530. The molecule has 8 aromatic rings. The minimum atomic E-state index is -1.10. The van der Waals surface area contributed by atoms with Crippen LogP contribution in [0.1, 0.15) is 90.6 Å². The number of nitrogens with zero attached hydrogens (tertiary/aromatic N) is 4. The lowest BCUT2D eigenvalue weighted by atomic mass is 10.1. The molecule has 17 nitrogen and oxygen atoms in total. The smallest absolute Gasteiger partial charge is 0.354 e. The van der Waals surface area contributed by atoms with Gasteiger partial charge in [0.1, 0.15) is 24.3 Å². The number of thiocarbonyl (C=S) groups is 1. The maximum atomic E-state index is 12.0. The molecule has 400 valence electrons. The predicted molar refractivity (Wildman–Crippen MR) is 315 cm³/mol. The van der Waals surface area contributed by atoms with Crippen molar-refractivity contribution in [2.75, 3.05) is 6.61 Å². The average Bonchev–Trinajstić information content (AvgIpc) is 4.31. The molecule has 78 heavy (non-hydrogen) atoms. The van der Waals surface area contributed by atoms with Gasteiger partial charge in [0.15, 0.2) is 11.6 Å². The van der Waals surface area contributed by atoms with E-state index in [1.807, 2.05) is 62.6 Å². The number of nitrogens with one attached hydrogen (secondary N) is 2. The first-order valence-corrected chi connectivity index (χ1v) is 28.8. The van der Waals surface area contributed by atoms with Crippen LogP contribution in [0.4, 0.5) is 0 Å². The number of ketones is 2. The van der Waals surface area contributed by atoms with Crippen molar-refractivity contribution in [3.05, 3.63) is 187 Å². The number of Topliss-reactive ketones (excluding diaryl/α,β-unsaturated/α-hetero) is 2. The number of aromatic amines is 2. The molecule has 0 spiro atoms. The zero-order valence-electron chi connectivity index (χ0n) is 41.0. The number of hydrogen-bond donors (Lipinski definition) is 6. The summed E-state index contributed by atoms with van der Waals surface area (Å²) in [5.74, 6) is -2.14. The fourth-order valence-electron chi connectivity index (χ4n) is 5.73. The number of thioether (sulfide) groups is 1. The number of benzene rings is 1. The molecule has 6 N–H and O–H groups in total. The maximum Gasteiger partial charge on any atom is 0.354 e. The second kappa shape index (κ2) is 34.9. The van der Waals surface area contributed by atoms with Crippen LogP contribution in [-0.4, -0.2) is 66.2 Å². The van der Waals surface area contributed by atoms with Crippen LogP contribution < -0.4 is 16.9 Å². The van der Waals surface area contributed by atoms with Gasteiger partial charge >= 0.3 is 17.9 Å². The highest BCUT2D eigenvalue weighted by Gasteiger charge is 2.16. The first-order valence-electron chi connectivity index (χ1n) is 22.0. The van der Waals surface area contributed by atoms with Crippen LogP contribution in [0.2, 0.25) is 0 Å². The number of nitriles is 3. The van der Waals surface area contributed by atoms with Crippen LogP contribution in [0.15, 0.2) is 142 Å². The largest absolute Gasteiger partial charge is 0.478 e. The third-order valence-corrected chi connectivity index (χ3v) is 14.2. The SMILES string of the molecule is CC(=O)c1ccsc1.CCOC(=O)CC(=O)c1ccsc1.N#CCC(N)=S.N#Cc1c(-c2ccsc2)cc(=O)[nH]c1S.N#Cc1c(-c2ccsc2)cc(=O)[nH]c1SCc1cccc(C(=O)O)n1.O=C(O)c1cccc(CBr)c1. The van der Waals surface area contributed by atoms with Crippen molar-refractivity contribution in [1.29, 1.82) is 15.8 Å². The Morgan fingerprint density at radius 2 is 1.33 bits per heavy atom. The molecule has 7 aromatic heterocycles. The lowest BCUT2D eigenvalue weighted by molar-refractivity contribution is -0.141. The van der Waals surface area contributed by atoms with Gasteiger partial charge in [-0.05, 0) is 111 Å². The summed E-state index contributed by atoms with van der Waals surface area (Å²) >= 11 is 18.9. The first-order chi connectivity index (χ1) is 37.3. The lowest BCUT2D eigenvalue weighted by Crippen LogP contribution is -2.10. The summed E-state index contributed by atoms with van der Waals surface area (Å²) in [6.07, 6.45) is 0.0277. The molecule has 0 aliphatic rings. The summed E-state index contributed by atoms with van der Waals surface area (Å²) in [6, 6.07) is 27.6. The van der Waals surface area contributed by atoms with Gasteiger partial charge in [-0.15, -0.1) is 24.4 Å². The second-order valence-corrected chi connectivity index (χ2v) is 20.4. The molecule has 0 aliphatic carbocycles. The van der Waals surface area contributed by atoms with E-state index < -0.39 is 17.9 Å². The van der Waals surface area contributed by atoms with E-state index >= 15 is 0 Å². The van der Waals surface area contributed by atoms with Gasteiger partial charge in [0.25, 0.3) is 0 Å². The van der Waals surface area contributed by atoms with Crippen LogP contribution in [0.5, 0.6) is 0 Å². The van der Waals surface area contributed by atoms with E-state index in [9.17, 15) is 38.8 Å². The van der Waals surface area contributed by atoms with Gasteiger partial charge in [-0.25, -0.2) is 14.6 Å². The number of halogens is 1. The Morgan fingerprint density at radius 1 is 0.769 bits per heavy atom. The van der Waals surface area contributed by atoms with Crippen LogP contribution >= 0.6 is 97.9 Å². The Balaban J connectivity index is 0.000000262. The van der Waals surface area contributed by atoms with Crippen molar-refractivity contribution in [2.45, 2.75) is 47.8 Å². The molecular weight excluding hydrogens is 1200 g/mol. The van der Waals surface area contributed by atoms with Gasteiger partial charge in [-0.2, -0.15) is 61.1 Å². The third kappa shape index (κ3) is 22.5. The summed E-state index contributed by atoms with van der Waals surface area (Å²) in [4.78, 5) is 86.9. The van der Waals surface area contributed by atoms with Crippen molar-refractivity contribution in [3.8, 4) is 40.5 Å². The van der Waals surface area contributed by atoms with Crippen LogP contribution in [0.25, 0.3) is 22.3 Å². The lowest BCUT2D eigenvalue weighted by Gasteiger charge is -2.08. The average molecular weight is 1240 g/mol. The standard InChI is InChI=1S/C17H11N3O3S2.C10H6N2OS2.C9H10O3S.C8H7BrO2.C6H6OS.C3H4N2S/c18-7-13-12(10-4-5-24-8-10)6-15(21)20-16(13)25-9-11-2-1-3-14(19-11)17(22)23;11-4-8-7(6-1-2-15-5-6)3-9(13)12-10(8)14;1-2-12-9(11)5-8(10)7-3-4-13-6-7;9-5-6-2-1-3-7(4-6)8(10)11;1-5(7)6-2-3-8-4-6;4-2-1-3(5)6/h1-6,8H,9H2,(H,20,21)(H,22,23);1-3,5H,(H2,12,13,14);3-4,6H,2,5H2,1H3;1-4H,5H2,(H,10,11);2-4H,1H3;1H2,(H2,5,6). The summed E-state index contributed by atoms with van der Waals surface area (Å²) < 4.78 is 4.65. The molecule has 0 saturated carbocycles. The van der Waals surface area contributed by atoms with Crippen molar-refractivity contribution < 1.29 is 38.9 Å². The van der Waals surface area contributed by atoms with E-state index in [2.05, 4.69) is 66.5 Å². The summed E-state index contributed by atoms with van der Waals surface area (Å²) in [5, 5.41) is 60.2. The van der Waals surface area contributed by atoms with Gasteiger partial charge < -0.3 is 30.7 Å². The fraction of sp³-hybridized carbons (Fsp3) is 0.132. The van der Waals surface area contributed by atoms with Gasteiger partial charge in [0.2, 0.25) is 11.1 Å². The monoisotopic (exact) mass is 1240 g/mol. The maximum absolute atomic E-state index is 12.0. The highest BCUT2D eigenvalue weighted by molar-refractivity contribution is 9.08. The van der Waals surface area contributed by atoms with Gasteiger partial charge in [-0.1, -0.05) is 46.3 Å². The number of carbonyl (C=O) groups is 5. The minimum absolute atomic E-state index is 0.0425. The number of H-pyrrole nitrogens is 2. The highest BCUT2D eigenvalue weighted by atomic mass is 79.9. The fourth-order valence-corrected chi connectivity index (χ4v) is 10.0. The number of thiophene rings is 4. The van der Waals surface area contributed by atoms with E-state index in [0.29, 0.717) is 66.8 Å². The number of alkyl halides is 1. The molecule has 25 heteroatoms. The molecule has 7 heterocycles. The molecule has 0 saturated heterocycles. The Morgan fingerprint density at radius 3 is 1.79 bits per heavy atom. The van der Waals surface area contributed by atoms with Gasteiger partial charge in [0.05, 0.1) is 56.5 Å². The highest BCUT2D eigenvalue weighted by Crippen LogP contribution is 2.31. The van der Waals surface area contributed by atoms with E-state index in [4.69, 9.17) is 26.5 Å². The van der Waals surface area contributed by atoms with E-state index in [1.54, 1.807) is 78.4 Å². The Labute approximate surface area is 486 Å². The molecule has 8 rings (SSSR count). The summed E-state index contributed by atoms with van der Waals surface area (Å²) in [7, 11) is 0. The molecule has 0 aliphatic heterocycles. The number of carbonyl (C=O) groups excluding carboxylic acids is 3. The van der Waals surface area contributed by atoms with Gasteiger partial charge in [-0.3, -0.25) is 24.0 Å². The van der Waals surface area contributed by atoms with Crippen LogP contribution in [0, 0.1) is 34.0 Å². The molecule has 0 atom stereocenters. The Kier molecular flexibility index (Phi) is 28.9. The molecule has 0 bridgehead atoms. The van der Waals surface area contributed by atoms with Crippen LogP contribution in [0.3, 0.4) is 0 Å². The number of aromatic carboxylic acids is 2. The number of ether oxygens (including phenoxy) is 1. The van der Waals surface area contributed by atoms with Crippen molar-refractivity contribution in [2.24, 2.45) is 5.73 Å².